The van der Waals surface area contributed by atoms with Crippen molar-refractivity contribution in [3.05, 3.63) is 70.2 Å². The Labute approximate surface area is 147 Å². The Kier molecular flexibility index (Phi) is 5.38. The van der Waals surface area contributed by atoms with Gasteiger partial charge in [0.25, 0.3) is 0 Å². The molecule has 2 amide bonds. The first-order chi connectivity index (χ1) is 11.7. The summed E-state index contributed by atoms with van der Waals surface area (Å²) >= 11 is 6.04. The van der Waals surface area contributed by atoms with E-state index >= 15 is 0 Å². The number of hydrogen-bond acceptors (Lipinski definition) is 2. The SMILES string of the molecule is O=C(NC1CCc2cc(Cl)ccc21)N(CCO)Cc1ccccc1. The molecular formula is C19H21ClN2O2. The summed E-state index contributed by atoms with van der Waals surface area (Å²) in [5.41, 5.74) is 3.38. The van der Waals surface area contributed by atoms with E-state index in [9.17, 15) is 9.90 Å². The summed E-state index contributed by atoms with van der Waals surface area (Å²) in [5, 5.41) is 13.1. The molecule has 2 N–H and O–H groups in total. The third-order valence-corrected chi connectivity index (χ3v) is 4.59. The number of amides is 2. The molecule has 2 aromatic rings. The van der Waals surface area contributed by atoms with E-state index in [0.717, 1.165) is 29.0 Å². The number of hydrogen-bond donors (Lipinski definition) is 2. The largest absolute Gasteiger partial charge is 0.395 e. The predicted octanol–water partition coefficient (Wildman–Crippen LogP) is 3.53. The van der Waals surface area contributed by atoms with Gasteiger partial charge in [0.15, 0.2) is 0 Å². The van der Waals surface area contributed by atoms with Gasteiger partial charge in [-0.3, -0.25) is 0 Å². The number of halogens is 1. The van der Waals surface area contributed by atoms with Gasteiger partial charge in [0.05, 0.1) is 12.6 Å². The fourth-order valence-corrected chi connectivity index (χ4v) is 3.35. The Morgan fingerprint density at radius 2 is 2.04 bits per heavy atom. The lowest BCUT2D eigenvalue weighted by molar-refractivity contribution is 0.171. The van der Waals surface area contributed by atoms with Gasteiger partial charge in [0.2, 0.25) is 0 Å². The highest BCUT2D eigenvalue weighted by Crippen LogP contribution is 2.32. The standard InChI is InChI=1S/C19H21ClN2O2/c20-16-7-8-17-15(12-16)6-9-18(17)21-19(24)22(10-11-23)13-14-4-2-1-3-5-14/h1-5,7-8,12,18,23H,6,9-11,13H2,(H,21,24). The molecule has 126 valence electrons. The van der Waals surface area contributed by atoms with Crippen LogP contribution in [-0.4, -0.2) is 29.2 Å². The Hall–Kier alpha value is -2.04. The van der Waals surface area contributed by atoms with E-state index in [0.29, 0.717) is 13.1 Å². The quantitative estimate of drug-likeness (QED) is 0.871. The molecule has 0 bridgehead atoms. The molecule has 0 saturated heterocycles. The first kappa shape index (κ1) is 16.8. The first-order valence-corrected chi connectivity index (χ1v) is 8.53. The minimum atomic E-state index is -0.152. The van der Waals surface area contributed by atoms with Crippen LogP contribution in [0.1, 0.15) is 29.2 Å². The maximum atomic E-state index is 12.6. The van der Waals surface area contributed by atoms with E-state index in [-0.39, 0.29) is 18.7 Å². The number of nitrogens with zero attached hydrogens (tertiary/aromatic N) is 1. The molecule has 3 rings (SSSR count). The van der Waals surface area contributed by atoms with Gasteiger partial charge in [-0.05, 0) is 41.7 Å². The maximum Gasteiger partial charge on any atom is 0.318 e. The number of benzene rings is 2. The molecule has 2 aromatic carbocycles. The Bertz CT molecular complexity index is 706. The van der Waals surface area contributed by atoms with Gasteiger partial charge in [0.1, 0.15) is 0 Å². The van der Waals surface area contributed by atoms with Gasteiger partial charge < -0.3 is 15.3 Å². The number of nitrogens with one attached hydrogen (secondary N) is 1. The first-order valence-electron chi connectivity index (χ1n) is 8.16. The van der Waals surface area contributed by atoms with E-state index in [4.69, 9.17) is 11.6 Å². The molecule has 0 spiro atoms. The van der Waals surface area contributed by atoms with Crippen molar-refractivity contribution in [2.75, 3.05) is 13.2 Å². The average Bonchev–Trinajstić information content (AvgIpc) is 2.97. The maximum absolute atomic E-state index is 12.6. The van der Waals surface area contributed by atoms with Crippen molar-refractivity contribution in [2.45, 2.75) is 25.4 Å². The van der Waals surface area contributed by atoms with Crippen LogP contribution in [0.15, 0.2) is 48.5 Å². The van der Waals surface area contributed by atoms with Crippen molar-refractivity contribution in [3.8, 4) is 0 Å². The Morgan fingerprint density at radius 1 is 1.25 bits per heavy atom. The Balaban J connectivity index is 1.68. The molecule has 5 heteroatoms. The van der Waals surface area contributed by atoms with E-state index in [2.05, 4.69) is 5.32 Å². The van der Waals surface area contributed by atoms with Crippen LogP contribution in [-0.2, 0) is 13.0 Å². The molecule has 1 unspecified atom stereocenters. The van der Waals surface area contributed by atoms with Gasteiger partial charge >= 0.3 is 6.03 Å². The average molecular weight is 345 g/mol. The zero-order valence-corrected chi connectivity index (χ0v) is 14.2. The van der Waals surface area contributed by atoms with Crippen LogP contribution >= 0.6 is 11.6 Å². The normalized spacial score (nSPS) is 15.8. The number of aryl methyl sites for hydroxylation is 1. The molecule has 1 aliphatic rings. The second-order valence-corrected chi connectivity index (χ2v) is 6.45. The van der Waals surface area contributed by atoms with Crippen LogP contribution < -0.4 is 5.32 Å². The summed E-state index contributed by atoms with van der Waals surface area (Å²) in [6.45, 7) is 0.728. The molecule has 4 nitrogen and oxygen atoms in total. The summed E-state index contributed by atoms with van der Waals surface area (Å²) in [5.74, 6) is 0. The summed E-state index contributed by atoms with van der Waals surface area (Å²) in [6, 6.07) is 15.5. The van der Waals surface area contributed by atoms with Crippen molar-refractivity contribution >= 4 is 17.6 Å². The number of aliphatic hydroxyl groups excluding tert-OH is 1. The lowest BCUT2D eigenvalue weighted by atomic mass is 10.1. The molecule has 0 aromatic heterocycles. The Morgan fingerprint density at radius 3 is 2.79 bits per heavy atom. The third kappa shape index (κ3) is 3.89. The highest BCUT2D eigenvalue weighted by atomic mass is 35.5. The summed E-state index contributed by atoms with van der Waals surface area (Å²) < 4.78 is 0. The zero-order chi connectivity index (χ0) is 16.9. The number of carbonyl (C=O) groups is 1. The van der Waals surface area contributed by atoms with Crippen LogP contribution in [0.4, 0.5) is 4.79 Å². The van der Waals surface area contributed by atoms with E-state index < -0.39 is 0 Å². The number of fused-ring (bicyclic) bond motifs is 1. The summed E-state index contributed by atoms with van der Waals surface area (Å²) in [4.78, 5) is 14.3. The van der Waals surface area contributed by atoms with E-state index in [1.807, 2.05) is 48.5 Å². The van der Waals surface area contributed by atoms with Crippen LogP contribution in [0.3, 0.4) is 0 Å². The molecule has 0 fully saturated rings. The van der Waals surface area contributed by atoms with Crippen LogP contribution in [0.25, 0.3) is 0 Å². The predicted molar refractivity (Wildman–Crippen MR) is 95.0 cm³/mol. The molecule has 0 radical (unpaired) electrons. The fraction of sp³-hybridized carbons (Fsp3) is 0.316. The second kappa shape index (κ2) is 7.69. The van der Waals surface area contributed by atoms with Gasteiger partial charge in [0, 0.05) is 18.1 Å². The van der Waals surface area contributed by atoms with Gasteiger partial charge in [-0.15, -0.1) is 0 Å². The topological polar surface area (TPSA) is 52.6 Å². The van der Waals surface area contributed by atoms with Crippen molar-refractivity contribution < 1.29 is 9.90 Å². The van der Waals surface area contributed by atoms with Crippen LogP contribution in [0.2, 0.25) is 5.02 Å². The van der Waals surface area contributed by atoms with E-state index in [1.165, 1.54) is 5.56 Å². The van der Waals surface area contributed by atoms with Crippen molar-refractivity contribution in [1.29, 1.82) is 0 Å². The van der Waals surface area contributed by atoms with Crippen molar-refractivity contribution in [1.82, 2.24) is 10.2 Å². The van der Waals surface area contributed by atoms with Crippen molar-refractivity contribution in [2.24, 2.45) is 0 Å². The van der Waals surface area contributed by atoms with Crippen molar-refractivity contribution in [3.63, 3.8) is 0 Å². The molecule has 0 heterocycles. The molecule has 0 aliphatic heterocycles. The zero-order valence-electron chi connectivity index (χ0n) is 13.4. The van der Waals surface area contributed by atoms with Crippen LogP contribution in [0.5, 0.6) is 0 Å². The number of aliphatic hydroxyl groups is 1. The monoisotopic (exact) mass is 344 g/mol. The molecule has 24 heavy (non-hydrogen) atoms. The molecule has 1 atom stereocenters. The number of carbonyl (C=O) groups excluding carboxylic acids is 1. The summed E-state index contributed by atoms with van der Waals surface area (Å²) in [6.07, 6.45) is 1.79. The van der Waals surface area contributed by atoms with Gasteiger partial charge in [-0.1, -0.05) is 48.0 Å². The summed E-state index contributed by atoms with van der Waals surface area (Å²) in [7, 11) is 0. The van der Waals surface area contributed by atoms with Gasteiger partial charge in [-0.2, -0.15) is 0 Å². The molecule has 0 saturated carbocycles. The lowest BCUT2D eigenvalue weighted by Gasteiger charge is -2.25. The molecular weight excluding hydrogens is 324 g/mol. The van der Waals surface area contributed by atoms with Gasteiger partial charge in [-0.25, -0.2) is 4.79 Å². The van der Waals surface area contributed by atoms with E-state index in [1.54, 1.807) is 4.90 Å². The minimum Gasteiger partial charge on any atom is -0.395 e. The highest BCUT2D eigenvalue weighted by molar-refractivity contribution is 6.30. The third-order valence-electron chi connectivity index (χ3n) is 4.35. The number of rotatable bonds is 5. The minimum absolute atomic E-state index is 0.00160. The molecule has 1 aliphatic carbocycles. The number of urea groups is 1. The van der Waals surface area contributed by atoms with Crippen LogP contribution in [0, 0.1) is 0 Å². The smallest absolute Gasteiger partial charge is 0.318 e. The second-order valence-electron chi connectivity index (χ2n) is 6.01. The fourth-order valence-electron chi connectivity index (χ4n) is 3.15. The highest BCUT2D eigenvalue weighted by Gasteiger charge is 2.25. The lowest BCUT2D eigenvalue weighted by Crippen LogP contribution is -2.42.